The number of nitrogens with zero attached hydrogens (tertiary/aromatic N) is 3. The lowest BCUT2D eigenvalue weighted by atomic mass is 10.1. The molecule has 0 saturated carbocycles. The van der Waals surface area contributed by atoms with Crippen LogP contribution in [0.5, 0.6) is 5.75 Å². The van der Waals surface area contributed by atoms with Gasteiger partial charge in [-0.05, 0) is 25.5 Å². The fourth-order valence-electron chi connectivity index (χ4n) is 3.87. The molecule has 3 saturated heterocycles. The van der Waals surface area contributed by atoms with Crippen LogP contribution in [0.3, 0.4) is 0 Å². The molecular weight excluding hydrogens is 384 g/mol. The van der Waals surface area contributed by atoms with Crippen LogP contribution in [0.4, 0.5) is 11.6 Å². The molecule has 3 fully saturated rings. The van der Waals surface area contributed by atoms with E-state index in [0.29, 0.717) is 25.6 Å². The standard InChI is InChI=1S/C22H28N4O4/c1-15-20(23-17-5-9-28-14-17)24-21(25-22(15)26-7-11-27-12-8-26)16-3-2-4-18(13-16)30-19-6-10-29-19/h2-4,13,17,19H,5-12,14H2,1H3,(H,23,24,25)/t17-,19?/m1/s1. The van der Waals surface area contributed by atoms with Crippen molar-refractivity contribution in [3.05, 3.63) is 29.8 Å². The molecule has 5 rings (SSSR count). The van der Waals surface area contributed by atoms with E-state index >= 15 is 0 Å². The molecule has 1 unspecified atom stereocenters. The van der Waals surface area contributed by atoms with Crippen molar-refractivity contribution in [3.8, 4) is 17.1 Å². The second-order valence-electron chi connectivity index (χ2n) is 7.88. The van der Waals surface area contributed by atoms with Crippen LogP contribution in [-0.2, 0) is 14.2 Å². The number of aromatic nitrogens is 2. The van der Waals surface area contributed by atoms with Gasteiger partial charge in [0.25, 0.3) is 0 Å². The molecule has 2 aromatic rings. The van der Waals surface area contributed by atoms with E-state index in [-0.39, 0.29) is 12.3 Å². The summed E-state index contributed by atoms with van der Waals surface area (Å²) in [4.78, 5) is 12.1. The number of hydrogen-bond donors (Lipinski definition) is 1. The summed E-state index contributed by atoms with van der Waals surface area (Å²) in [5.74, 6) is 3.28. The predicted octanol–water partition coefficient (Wildman–Crippen LogP) is 2.61. The van der Waals surface area contributed by atoms with E-state index in [1.807, 2.05) is 24.3 Å². The highest BCUT2D eigenvalue weighted by Gasteiger charge is 2.23. The topological polar surface area (TPSA) is 78.0 Å². The lowest BCUT2D eigenvalue weighted by Crippen LogP contribution is -2.37. The summed E-state index contributed by atoms with van der Waals surface area (Å²) in [6.45, 7) is 7.40. The summed E-state index contributed by atoms with van der Waals surface area (Å²) in [5.41, 5.74) is 1.98. The van der Waals surface area contributed by atoms with Gasteiger partial charge in [-0.25, -0.2) is 9.97 Å². The average molecular weight is 412 g/mol. The van der Waals surface area contributed by atoms with Gasteiger partial charge in [0.05, 0.1) is 32.5 Å². The van der Waals surface area contributed by atoms with Crippen molar-refractivity contribution < 1.29 is 18.9 Å². The molecule has 4 heterocycles. The van der Waals surface area contributed by atoms with Gasteiger partial charge in [0.15, 0.2) is 5.82 Å². The molecule has 0 bridgehead atoms. The number of nitrogens with one attached hydrogen (secondary N) is 1. The Bertz CT molecular complexity index is 877. The Hall–Kier alpha value is -2.42. The zero-order chi connectivity index (χ0) is 20.3. The third kappa shape index (κ3) is 4.21. The maximum Gasteiger partial charge on any atom is 0.202 e. The summed E-state index contributed by atoms with van der Waals surface area (Å²) in [6, 6.07) is 8.19. The molecule has 3 aliphatic heterocycles. The van der Waals surface area contributed by atoms with E-state index in [2.05, 4.69) is 17.1 Å². The van der Waals surface area contributed by atoms with Crippen LogP contribution in [0.25, 0.3) is 11.4 Å². The van der Waals surface area contributed by atoms with Crippen LogP contribution in [0.15, 0.2) is 24.3 Å². The Labute approximate surface area is 176 Å². The number of morpholine rings is 1. The SMILES string of the molecule is Cc1c(N[C@@H]2CCOC2)nc(-c2cccc(OC3CCO3)c2)nc1N1CCOCC1. The van der Waals surface area contributed by atoms with Crippen molar-refractivity contribution in [3.63, 3.8) is 0 Å². The Morgan fingerprint density at radius 3 is 2.67 bits per heavy atom. The number of ether oxygens (including phenoxy) is 4. The first kappa shape index (κ1) is 19.5. The van der Waals surface area contributed by atoms with Crippen molar-refractivity contribution in [2.75, 3.05) is 56.3 Å². The summed E-state index contributed by atoms with van der Waals surface area (Å²) in [5, 5.41) is 3.58. The quantitative estimate of drug-likeness (QED) is 0.776. The molecular formula is C22H28N4O4. The number of anilines is 2. The molecule has 8 heteroatoms. The molecule has 1 aromatic heterocycles. The summed E-state index contributed by atoms with van der Waals surface area (Å²) < 4.78 is 22.4. The van der Waals surface area contributed by atoms with E-state index < -0.39 is 0 Å². The van der Waals surface area contributed by atoms with Gasteiger partial charge in [-0.1, -0.05) is 12.1 Å². The lowest BCUT2D eigenvalue weighted by Gasteiger charge is -2.30. The van der Waals surface area contributed by atoms with E-state index in [1.165, 1.54) is 0 Å². The van der Waals surface area contributed by atoms with E-state index in [4.69, 9.17) is 28.9 Å². The number of hydrogen-bond acceptors (Lipinski definition) is 8. The van der Waals surface area contributed by atoms with Crippen LogP contribution >= 0.6 is 0 Å². The van der Waals surface area contributed by atoms with Crippen molar-refractivity contribution in [1.29, 1.82) is 0 Å². The van der Waals surface area contributed by atoms with Gasteiger partial charge in [-0.3, -0.25) is 0 Å². The molecule has 2 atom stereocenters. The predicted molar refractivity (Wildman–Crippen MR) is 113 cm³/mol. The number of benzene rings is 1. The summed E-state index contributed by atoms with van der Waals surface area (Å²) >= 11 is 0. The molecule has 0 radical (unpaired) electrons. The zero-order valence-corrected chi connectivity index (χ0v) is 17.3. The van der Waals surface area contributed by atoms with Crippen LogP contribution < -0.4 is 15.0 Å². The fourth-order valence-corrected chi connectivity index (χ4v) is 3.87. The van der Waals surface area contributed by atoms with Gasteiger partial charge in [-0.2, -0.15) is 0 Å². The lowest BCUT2D eigenvalue weighted by molar-refractivity contribution is -0.165. The Kier molecular flexibility index (Phi) is 5.70. The minimum Gasteiger partial charge on any atom is -0.465 e. The first-order valence-electron chi connectivity index (χ1n) is 10.7. The normalized spacial score (nSPS) is 23.8. The molecule has 8 nitrogen and oxygen atoms in total. The van der Waals surface area contributed by atoms with Crippen molar-refractivity contribution in [2.45, 2.75) is 32.1 Å². The third-order valence-electron chi connectivity index (χ3n) is 5.72. The summed E-state index contributed by atoms with van der Waals surface area (Å²) in [7, 11) is 0. The van der Waals surface area contributed by atoms with Gasteiger partial charge in [0, 0.05) is 37.2 Å². The molecule has 30 heavy (non-hydrogen) atoms. The highest BCUT2D eigenvalue weighted by Crippen LogP contribution is 2.31. The van der Waals surface area contributed by atoms with Crippen LogP contribution in [-0.4, -0.2) is 68.4 Å². The third-order valence-corrected chi connectivity index (χ3v) is 5.72. The maximum absolute atomic E-state index is 5.88. The minimum atomic E-state index is -0.150. The van der Waals surface area contributed by atoms with E-state index in [9.17, 15) is 0 Å². The maximum atomic E-state index is 5.88. The first-order valence-corrected chi connectivity index (χ1v) is 10.7. The second kappa shape index (κ2) is 8.75. The molecule has 160 valence electrons. The molecule has 1 N–H and O–H groups in total. The first-order chi connectivity index (χ1) is 14.8. The fraction of sp³-hybridized carbons (Fsp3) is 0.545. The van der Waals surface area contributed by atoms with Gasteiger partial charge in [-0.15, -0.1) is 0 Å². The van der Waals surface area contributed by atoms with Gasteiger partial charge in [0.1, 0.15) is 17.4 Å². The van der Waals surface area contributed by atoms with Crippen molar-refractivity contribution >= 4 is 11.6 Å². The molecule has 3 aliphatic rings. The van der Waals surface area contributed by atoms with Crippen LogP contribution in [0, 0.1) is 6.92 Å². The minimum absolute atomic E-state index is 0.150. The van der Waals surface area contributed by atoms with Crippen LogP contribution in [0.1, 0.15) is 18.4 Å². The van der Waals surface area contributed by atoms with Gasteiger partial charge < -0.3 is 29.2 Å². The molecule has 1 aromatic carbocycles. The van der Waals surface area contributed by atoms with E-state index in [1.54, 1.807) is 0 Å². The smallest absolute Gasteiger partial charge is 0.202 e. The Morgan fingerprint density at radius 2 is 1.93 bits per heavy atom. The highest BCUT2D eigenvalue weighted by molar-refractivity contribution is 5.67. The van der Waals surface area contributed by atoms with E-state index in [0.717, 1.165) is 67.7 Å². The summed E-state index contributed by atoms with van der Waals surface area (Å²) in [6.07, 6.45) is 1.75. The monoisotopic (exact) mass is 412 g/mol. The molecule has 0 aliphatic carbocycles. The van der Waals surface area contributed by atoms with Gasteiger partial charge in [0.2, 0.25) is 6.29 Å². The average Bonchev–Trinajstić information content (AvgIpc) is 3.26. The largest absolute Gasteiger partial charge is 0.465 e. The molecule has 0 amide bonds. The van der Waals surface area contributed by atoms with Gasteiger partial charge >= 0.3 is 0 Å². The highest BCUT2D eigenvalue weighted by atomic mass is 16.7. The van der Waals surface area contributed by atoms with Crippen molar-refractivity contribution in [1.82, 2.24) is 9.97 Å². The van der Waals surface area contributed by atoms with Crippen LogP contribution in [0.2, 0.25) is 0 Å². The zero-order valence-electron chi connectivity index (χ0n) is 17.3. The van der Waals surface area contributed by atoms with Crippen molar-refractivity contribution in [2.24, 2.45) is 0 Å². The Morgan fingerprint density at radius 1 is 1.07 bits per heavy atom. The Balaban J connectivity index is 1.49. The molecule has 0 spiro atoms. The second-order valence-corrected chi connectivity index (χ2v) is 7.88. The number of rotatable bonds is 6.